The number of furan rings is 1. The Hall–Kier alpha value is -1.32. The molecule has 1 aromatic carbocycles. The van der Waals surface area contributed by atoms with Crippen LogP contribution in [0.25, 0.3) is 0 Å². The molecule has 2 rings (SSSR count). The molecular weight excluding hydrogens is 253 g/mol. The van der Waals surface area contributed by atoms with Crippen LogP contribution in [0, 0.1) is 5.82 Å². The summed E-state index contributed by atoms with van der Waals surface area (Å²) in [5.74, 6) is 0.537. The summed E-state index contributed by atoms with van der Waals surface area (Å²) in [5.41, 5.74) is 0.609. The van der Waals surface area contributed by atoms with Gasteiger partial charge in [0.1, 0.15) is 11.6 Å². The molecule has 18 heavy (non-hydrogen) atoms. The van der Waals surface area contributed by atoms with Crippen molar-refractivity contribution < 1.29 is 8.81 Å². The Morgan fingerprint density at radius 3 is 2.83 bits per heavy atom. The molecule has 0 saturated carbocycles. The van der Waals surface area contributed by atoms with E-state index in [0.29, 0.717) is 17.0 Å². The lowest BCUT2D eigenvalue weighted by Gasteiger charge is -2.18. The molecule has 0 aliphatic heterocycles. The molecule has 4 heteroatoms. The maximum absolute atomic E-state index is 13.9. The summed E-state index contributed by atoms with van der Waals surface area (Å²) in [4.78, 5) is 0. The third-order valence-electron chi connectivity index (χ3n) is 2.77. The van der Waals surface area contributed by atoms with Crippen molar-refractivity contribution >= 4 is 11.6 Å². The van der Waals surface area contributed by atoms with Crippen LogP contribution in [0.3, 0.4) is 0 Å². The minimum atomic E-state index is -0.292. The van der Waals surface area contributed by atoms with Gasteiger partial charge in [0.2, 0.25) is 0 Å². The fourth-order valence-corrected chi connectivity index (χ4v) is 2.11. The lowest BCUT2D eigenvalue weighted by molar-refractivity contribution is 0.444. The fourth-order valence-electron chi connectivity index (χ4n) is 1.95. The summed E-state index contributed by atoms with van der Waals surface area (Å²) >= 11 is 5.76. The van der Waals surface area contributed by atoms with Crippen LogP contribution in [0.1, 0.15) is 24.3 Å². The van der Waals surface area contributed by atoms with Crippen LogP contribution in [0.15, 0.2) is 41.0 Å². The molecule has 96 valence electrons. The Kier molecular flexibility index (Phi) is 4.39. The molecule has 0 spiro atoms. The van der Waals surface area contributed by atoms with E-state index < -0.39 is 0 Å². The smallest absolute Gasteiger partial charge is 0.129 e. The first-order chi connectivity index (χ1) is 8.70. The average molecular weight is 268 g/mol. The van der Waals surface area contributed by atoms with Crippen molar-refractivity contribution in [2.45, 2.75) is 19.4 Å². The van der Waals surface area contributed by atoms with E-state index in [4.69, 9.17) is 16.0 Å². The quantitative estimate of drug-likeness (QED) is 0.887. The van der Waals surface area contributed by atoms with E-state index in [1.54, 1.807) is 18.4 Å². The fraction of sp³-hybridized carbons (Fsp3) is 0.286. The Morgan fingerprint density at radius 2 is 2.22 bits per heavy atom. The van der Waals surface area contributed by atoms with Crippen LogP contribution in [0.5, 0.6) is 0 Å². The first-order valence-electron chi connectivity index (χ1n) is 5.91. The van der Waals surface area contributed by atoms with E-state index in [2.05, 4.69) is 5.32 Å². The highest BCUT2D eigenvalue weighted by atomic mass is 35.5. The molecule has 2 aromatic rings. The number of benzene rings is 1. The molecular formula is C14H15ClFNO. The second-order valence-corrected chi connectivity index (χ2v) is 4.50. The van der Waals surface area contributed by atoms with Crippen molar-refractivity contribution in [3.8, 4) is 0 Å². The minimum Gasteiger partial charge on any atom is -0.469 e. The molecule has 0 amide bonds. The predicted molar refractivity (Wildman–Crippen MR) is 70.2 cm³/mol. The zero-order valence-corrected chi connectivity index (χ0v) is 10.9. The van der Waals surface area contributed by atoms with E-state index in [1.165, 1.54) is 6.07 Å². The number of rotatable bonds is 5. The van der Waals surface area contributed by atoms with Gasteiger partial charge in [-0.3, -0.25) is 0 Å². The van der Waals surface area contributed by atoms with E-state index in [-0.39, 0.29) is 11.9 Å². The average Bonchev–Trinajstić information content (AvgIpc) is 2.81. The highest BCUT2D eigenvalue weighted by Gasteiger charge is 2.16. The van der Waals surface area contributed by atoms with Crippen LogP contribution >= 0.6 is 11.6 Å². The van der Waals surface area contributed by atoms with Crippen molar-refractivity contribution in [1.29, 1.82) is 0 Å². The molecule has 2 nitrogen and oxygen atoms in total. The number of hydrogen-bond acceptors (Lipinski definition) is 2. The maximum atomic E-state index is 13.9. The van der Waals surface area contributed by atoms with Crippen molar-refractivity contribution in [2.75, 3.05) is 6.54 Å². The van der Waals surface area contributed by atoms with E-state index >= 15 is 0 Å². The summed E-state index contributed by atoms with van der Waals surface area (Å²) < 4.78 is 19.2. The third-order valence-corrected chi connectivity index (χ3v) is 3.01. The molecule has 0 fully saturated rings. The van der Waals surface area contributed by atoms with Gasteiger partial charge in [-0.2, -0.15) is 0 Å². The highest BCUT2D eigenvalue weighted by molar-refractivity contribution is 6.30. The largest absolute Gasteiger partial charge is 0.469 e. The summed E-state index contributed by atoms with van der Waals surface area (Å²) in [6.45, 7) is 2.75. The molecule has 1 heterocycles. The standard InChI is InChI=1S/C14H15ClFNO/c1-2-17-14(9-11-4-3-7-18-11)12-6-5-10(15)8-13(12)16/h3-8,14,17H,2,9H2,1H3. The van der Waals surface area contributed by atoms with Gasteiger partial charge in [0.25, 0.3) is 0 Å². The third kappa shape index (κ3) is 3.12. The highest BCUT2D eigenvalue weighted by Crippen LogP contribution is 2.24. The van der Waals surface area contributed by atoms with Gasteiger partial charge in [-0.15, -0.1) is 0 Å². The summed E-state index contributed by atoms with van der Waals surface area (Å²) in [5, 5.41) is 3.66. The summed E-state index contributed by atoms with van der Waals surface area (Å²) in [6.07, 6.45) is 2.23. The first kappa shape index (κ1) is 13.1. The number of nitrogens with one attached hydrogen (secondary N) is 1. The predicted octanol–water partition coefficient (Wildman–Crippen LogP) is 3.97. The number of halogens is 2. The lowest BCUT2D eigenvalue weighted by atomic mass is 10.0. The molecule has 0 radical (unpaired) electrons. The van der Waals surface area contributed by atoms with Gasteiger partial charge >= 0.3 is 0 Å². The zero-order valence-electron chi connectivity index (χ0n) is 10.1. The SMILES string of the molecule is CCNC(Cc1ccco1)c1ccc(Cl)cc1F. The molecule has 1 aromatic heterocycles. The zero-order chi connectivity index (χ0) is 13.0. The Balaban J connectivity index is 2.23. The minimum absolute atomic E-state index is 0.113. The second kappa shape index (κ2) is 6.03. The van der Waals surface area contributed by atoms with E-state index in [0.717, 1.165) is 12.3 Å². The molecule has 0 aliphatic rings. The Labute approximate surface area is 111 Å². The number of hydrogen-bond donors (Lipinski definition) is 1. The van der Waals surface area contributed by atoms with Gasteiger partial charge in [0, 0.05) is 23.0 Å². The van der Waals surface area contributed by atoms with Crippen molar-refractivity contribution in [3.63, 3.8) is 0 Å². The first-order valence-corrected chi connectivity index (χ1v) is 6.29. The van der Waals surface area contributed by atoms with Crippen LogP contribution in [-0.2, 0) is 6.42 Å². The van der Waals surface area contributed by atoms with Crippen LogP contribution in [-0.4, -0.2) is 6.54 Å². The van der Waals surface area contributed by atoms with Gasteiger partial charge in [0.05, 0.1) is 6.26 Å². The van der Waals surface area contributed by atoms with Crippen LogP contribution in [0.2, 0.25) is 5.02 Å². The topological polar surface area (TPSA) is 25.2 Å². The summed E-state index contributed by atoms with van der Waals surface area (Å²) in [7, 11) is 0. The van der Waals surface area contributed by atoms with Crippen LogP contribution < -0.4 is 5.32 Å². The van der Waals surface area contributed by atoms with Gasteiger partial charge in [-0.1, -0.05) is 24.6 Å². The lowest BCUT2D eigenvalue weighted by Crippen LogP contribution is -2.23. The summed E-state index contributed by atoms with van der Waals surface area (Å²) in [6, 6.07) is 8.36. The van der Waals surface area contributed by atoms with Gasteiger partial charge in [-0.25, -0.2) is 4.39 Å². The molecule has 1 N–H and O–H groups in total. The van der Waals surface area contributed by atoms with Gasteiger partial charge in [-0.05, 0) is 30.8 Å². The molecule has 0 aliphatic carbocycles. The van der Waals surface area contributed by atoms with Gasteiger partial charge in [0.15, 0.2) is 0 Å². The molecule has 1 unspecified atom stereocenters. The number of likely N-dealkylation sites (N-methyl/N-ethyl adjacent to an activating group) is 1. The molecule has 0 saturated heterocycles. The molecule has 0 bridgehead atoms. The monoisotopic (exact) mass is 267 g/mol. The van der Waals surface area contributed by atoms with Gasteiger partial charge < -0.3 is 9.73 Å². The van der Waals surface area contributed by atoms with E-state index in [9.17, 15) is 4.39 Å². The molecule has 1 atom stereocenters. The Bertz CT molecular complexity index is 499. The van der Waals surface area contributed by atoms with E-state index in [1.807, 2.05) is 19.1 Å². The Morgan fingerprint density at radius 1 is 1.39 bits per heavy atom. The van der Waals surface area contributed by atoms with Crippen LogP contribution in [0.4, 0.5) is 4.39 Å². The maximum Gasteiger partial charge on any atom is 0.129 e. The van der Waals surface area contributed by atoms with Crippen molar-refractivity contribution in [2.24, 2.45) is 0 Å². The normalized spacial score (nSPS) is 12.6. The van der Waals surface area contributed by atoms with Crippen molar-refractivity contribution in [1.82, 2.24) is 5.32 Å². The second-order valence-electron chi connectivity index (χ2n) is 4.06. The van der Waals surface area contributed by atoms with Crippen molar-refractivity contribution in [3.05, 3.63) is 58.8 Å².